The predicted molar refractivity (Wildman–Crippen MR) is 163 cm³/mol. The number of benzene rings is 2. The summed E-state index contributed by atoms with van der Waals surface area (Å²) in [4.78, 5) is 37.4. The smallest absolute Gasteiger partial charge is 0.276 e. The summed E-state index contributed by atoms with van der Waals surface area (Å²) in [5, 5.41) is 2.98. The number of anilines is 2. The Balaban J connectivity index is 1.22. The van der Waals surface area contributed by atoms with Crippen LogP contribution in [0.5, 0.6) is 0 Å². The Morgan fingerprint density at radius 1 is 0.950 bits per heavy atom. The molecule has 0 spiro atoms. The van der Waals surface area contributed by atoms with E-state index in [9.17, 15) is 9.59 Å². The molecule has 0 saturated carbocycles. The fourth-order valence-electron chi connectivity index (χ4n) is 5.77. The van der Waals surface area contributed by atoms with Crippen LogP contribution in [-0.2, 0) is 6.42 Å². The van der Waals surface area contributed by atoms with Gasteiger partial charge in [0.1, 0.15) is 11.5 Å². The number of fused-ring (bicyclic) bond motifs is 3. The predicted octanol–water partition coefficient (Wildman–Crippen LogP) is 6.54. The first-order chi connectivity index (χ1) is 19.6. The van der Waals surface area contributed by atoms with Crippen LogP contribution in [-0.4, -0.2) is 43.0 Å². The molecule has 1 saturated heterocycles. The standard InChI is InChI=1S/C33H34N4O2S/c1-2-18-34-32(38)29-22-25-17-21-37(28-13-7-6-11-26(28)31(25)40-29)33(39)27-12-8-14-30(35-27)36-19-15-24(16-20-36)23-9-4-3-5-10-23/h3-14,22,24H,2,15-21H2,1H3,(H,34,38). The van der Waals surface area contributed by atoms with Crippen LogP contribution in [0, 0.1) is 0 Å². The van der Waals surface area contributed by atoms with Gasteiger partial charge in [0.2, 0.25) is 0 Å². The van der Waals surface area contributed by atoms with E-state index in [2.05, 4.69) is 40.5 Å². The fourth-order valence-corrected chi connectivity index (χ4v) is 6.93. The zero-order valence-corrected chi connectivity index (χ0v) is 23.6. The third-order valence-corrected chi connectivity index (χ3v) is 9.11. The Hall–Kier alpha value is -3.97. The van der Waals surface area contributed by atoms with Gasteiger partial charge in [-0.3, -0.25) is 9.59 Å². The Morgan fingerprint density at radius 3 is 2.52 bits per heavy atom. The minimum absolute atomic E-state index is 0.0286. The maximum Gasteiger partial charge on any atom is 0.276 e. The van der Waals surface area contributed by atoms with Crippen molar-refractivity contribution in [2.75, 3.05) is 36.0 Å². The largest absolute Gasteiger partial charge is 0.357 e. The van der Waals surface area contributed by atoms with E-state index in [1.165, 1.54) is 16.9 Å². The fraction of sp³-hybridized carbons (Fsp3) is 0.303. The molecule has 0 unspecified atom stereocenters. The third kappa shape index (κ3) is 5.26. The number of rotatable bonds is 6. The summed E-state index contributed by atoms with van der Waals surface area (Å²) < 4.78 is 0. The number of para-hydroxylation sites is 1. The first kappa shape index (κ1) is 26.3. The Labute approximate surface area is 239 Å². The quantitative estimate of drug-likeness (QED) is 0.296. The van der Waals surface area contributed by atoms with Crippen molar-refractivity contribution >= 4 is 34.7 Å². The van der Waals surface area contributed by atoms with E-state index in [-0.39, 0.29) is 11.8 Å². The number of amides is 2. The monoisotopic (exact) mass is 550 g/mol. The molecular weight excluding hydrogens is 516 g/mol. The molecule has 40 heavy (non-hydrogen) atoms. The number of nitrogens with zero attached hydrogens (tertiary/aromatic N) is 3. The minimum Gasteiger partial charge on any atom is -0.357 e. The molecule has 0 bridgehead atoms. The highest BCUT2D eigenvalue weighted by Crippen LogP contribution is 2.42. The van der Waals surface area contributed by atoms with Crippen molar-refractivity contribution < 1.29 is 9.59 Å². The molecular formula is C33H34N4O2S. The molecule has 2 aromatic carbocycles. The van der Waals surface area contributed by atoms with E-state index in [4.69, 9.17) is 4.98 Å². The molecule has 1 fully saturated rings. The van der Waals surface area contributed by atoms with Gasteiger partial charge in [-0.25, -0.2) is 4.98 Å². The zero-order chi connectivity index (χ0) is 27.5. The summed E-state index contributed by atoms with van der Waals surface area (Å²) in [6.07, 6.45) is 3.73. The molecule has 2 aromatic heterocycles. The van der Waals surface area contributed by atoms with Gasteiger partial charge in [-0.1, -0.05) is 61.5 Å². The van der Waals surface area contributed by atoms with Crippen molar-refractivity contribution in [3.63, 3.8) is 0 Å². The number of carbonyl (C=O) groups excluding carboxylic acids is 2. The van der Waals surface area contributed by atoms with Crippen LogP contribution in [0.3, 0.4) is 0 Å². The summed E-state index contributed by atoms with van der Waals surface area (Å²) in [5.74, 6) is 1.31. The maximum atomic E-state index is 13.9. The van der Waals surface area contributed by atoms with Crippen LogP contribution >= 0.6 is 11.3 Å². The first-order valence-corrected chi connectivity index (χ1v) is 15.0. The van der Waals surface area contributed by atoms with Crippen molar-refractivity contribution in [3.05, 3.63) is 101 Å². The van der Waals surface area contributed by atoms with E-state index in [1.54, 1.807) is 0 Å². The number of hydrogen-bond acceptors (Lipinski definition) is 5. The summed E-state index contributed by atoms with van der Waals surface area (Å²) in [6, 6.07) is 26.5. The molecule has 0 radical (unpaired) electrons. The van der Waals surface area contributed by atoms with Crippen molar-refractivity contribution in [1.82, 2.24) is 10.3 Å². The number of pyridine rings is 1. The van der Waals surface area contributed by atoms with E-state index in [0.717, 1.165) is 64.7 Å². The highest BCUT2D eigenvalue weighted by atomic mass is 32.1. The Bertz CT molecular complexity index is 1510. The van der Waals surface area contributed by atoms with Crippen molar-refractivity contribution in [2.45, 2.75) is 38.5 Å². The Morgan fingerprint density at radius 2 is 1.73 bits per heavy atom. The molecule has 4 aromatic rings. The lowest BCUT2D eigenvalue weighted by atomic mass is 9.89. The van der Waals surface area contributed by atoms with E-state index in [0.29, 0.717) is 31.1 Å². The lowest BCUT2D eigenvalue weighted by Crippen LogP contribution is -2.35. The molecule has 7 heteroatoms. The molecule has 2 aliphatic rings. The summed E-state index contributed by atoms with van der Waals surface area (Å²) in [7, 11) is 0. The van der Waals surface area contributed by atoms with E-state index in [1.807, 2.05) is 60.4 Å². The van der Waals surface area contributed by atoms with E-state index < -0.39 is 0 Å². The van der Waals surface area contributed by atoms with Gasteiger partial charge >= 0.3 is 0 Å². The van der Waals surface area contributed by atoms with Crippen molar-refractivity contribution in [2.24, 2.45) is 0 Å². The van der Waals surface area contributed by atoms with Crippen LogP contribution < -0.4 is 15.1 Å². The van der Waals surface area contributed by atoms with Crippen LogP contribution in [0.25, 0.3) is 10.4 Å². The molecule has 0 aliphatic carbocycles. The molecule has 0 atom stereocenters. The van der Waals surface area contributed by atoms with Gasteiger partial charge in [0.25, 0.3) is 11.8 Å². The number of thiophene rings is 1. The molecule has 2 amide bonds. The van der Waals surface area contributed by atoms with Gasteiger partial charge in [-0.05, 0) is 67.0 Å². The average Bonchev–Trinajstić information content (AvgIpc) is 3.38. The second-order valence-corrected chi connectivity index (χ2v) is 11.6. The number of aromatic nitrogens is 1. The lowest BCUT2D eigenvalue weighted by molar-refractivity contribution is 0.0955. The summed E-state index contributed by atoms with van der Waals surface area (Å²) in [5.41, 5.74) is 4.83. The van der Waals surface area contributed by atoms with Gasteiger partial charge in [-0.15, -0.1) is 11.3 Å². The summed E-state index contributed by atoms with van der Waals surface area (Å²) in [6.45, 7) is 5.09. The number of nitrogens with one attached hydrogen (secondary N) is 1. The highest BCUT2D eigenvalue weighted by molar-refractivity contribution is 7.17. The van der Waals surface area contributed by atoms with E-state index >= 15 is 0 Å². The number of carbonyl (C=O) groups is 2. The number of hydrogen-bond donors (Lipinski definition) is 1. The topological polar surface area (TPSA) is 65.5 Å². The second-order valence-electron chi connectivity index (χ2n) is 10.5. The zero-order valence-electron chi connectivity index (χ0n) is 22.8. The van der Waals surface area contributed by atoms with Gasteiger partial charge < -0.3 is 15.1 Å². The molecule has 6 rings (SSSR count). The minimum atomic E-state index is -0.0930. The van der Waals surface area contributed by atoms with Gasteiger partial charge in [0, 0.05) is 36.6 Å². The van der Waals surface area contributed by atoms with Gasteiger partial charge in [0.05, 0.1) is 10.6 Å². The molecule has 1 N–H and O–H groups in total. The SMILES string of the molecule is CCCNC(=O)c1cc2c(s1)-c1ccccc1N(C(=O)c1cccc(N3CCC(c4ccccc4)CC3)n1)CC2. The molecule has 4 heterocycles. The van der Waals surface area contributed by atoms with Crippen molar-refractivity contribution in [3.8, 4) is 10.4 Å². The first-order valence-electron chi connectivity index (χ1n) is 14.2. The van der Waals surface area contributed by atoms with Crippen LogP contribution in [0.1, 0.15) is 63.4 Å². The van der Waals surface area contributed by atoms with Gasteiger partial charge in [0.15, 0.2) is 0 Å². The van der Waals surface area contributed by atoms with Gasteiger partial charge in [-0.2, -0.15) is 0 Å². The van der Waals surface area contributed by atoms with Crippen LogP contribution in [0.2, 0.25) is 0 Å². The second kappa shape index (κ2) is 11.6. The summed E-state index contributed by atoms with van der Waals surface area (Å²) >= 11 is 1.51. The Kier molecular flexibility index (Phi) is 7.64. The lowest BCUT2D eigenvalue weighted by Gasteiger charge is -2.33. The maximum absolute atomic E-state index is 13.9. The normalized spacial score (nSPS) is 15.2. The highest BCUT2D eigenvalue weighted by Gasteiger charge is 2.29. The van der Waals surface area contributed by atoms with Crippen LogP contribution in [0.15, 0.2) is 78.9 Å². The molecule has 2 aliphatic heterocycles. The molecule has 6 nitrogen and oxygen atoms in total. The molecule has 204 valence electrons. The van der Waals surface area contributed by atoms with Crippen LogP contribution in [0.4, 0.5) is 11.5 Å². The third-order valence-electron chi connectivity index (χ3n) is 7.90. The average molecular weight is 551 g/mol. The van der Waals surface area contributed by atoms with Crippen molar-refractivity contribution in [1.29, 1.82) is 0 Å². The number of piperidine rings is 1.